The Hall–Kier alpha value is -4.22. The SMILES string of the molecule is Cc1ccc(N2C(=O)[C@@H]3ON(c4ccccc4)[C@@H](c4ccccc4)[C@@]3(c3ccccc3)C2=O)cc1. The Morgan fingerprint density at radius 1 is 0.686 bits per heavy atom. The molecule has 0 spiro atoms. The molecule has 2 aliphatic rings. The van der Waals surface area contributed by atoms with Gasteiger partial charge in [-0.25, -0.2) is 9.96 Å². The van der Waals surface area contributed by atoms with Gasteiger partial charge in [-0.3, -0.25) is 14.4 Å². The molecule has 5 heteroatoms. The molecule has 172 valence electrons. The summed E-state index contributed by atoms with van der Waals surface area (Å²) in [5.41, 5.74) is 2.78. The predicted molar refractivity (Wildman–Crippen MR) is 135 cm³/mol. The van der Waals surface area contributed by atoms with Gasteiger partial charge < -0.3 is 0 Å². The topological polar surface area (TPSA) is 49.9 Å². The highest BCUT2D eigenvalue weighted by molar-refractivity contribution is 6.28. The number of benzene rings is 4. The number of imide groups is 1. The molecule has 3 atom stereocenters. The lowest BCUT2D eigenvalue weighted by Gasteiger charge is -2.35. The van der Waals surface area contributed by atoms with E-state index in [1.54, 1.807) is 5.06 Å². The van der Waals surface area contributed by atoms with Crippen LogP contribution in [0.25, 0.3) is 0 Å². The van der Waals surface area contributed by atoms with Crippen LogP contribution < -0.4 is 9.96 Å². The molecule has 0 unspecified atom stereocenters. The lowest BCUT2D eigenvalue weighted by molar-refractivity contribution is -0.126. The number of hydrogen-bond donors (Lipinski definition) is 0. The number of amides is 2. The molecule has 2 fully saturated rings. The maximum absolute atomic E-state index is 14.6. The molecule has 4 aromatic rings. The van der Waals surface area contributed by atoms with E-state index in [-0.39, 0.29) is 11.8 Å². The quantitative estimate of drug-likeness (QED) is 0.384. The molecule has 0 N–H and O–H groups in total. The molecule has 2 saturated heterocycles. The standard InChI is InChI=1S/C30H24N2O3/c1-21-17-19-24(20-18-21)31-28(33)27-30(29(31)34,23-13-7-3-8-14-23)26(22-11-5-2-6-12-22)32(35-27)25-15-9-4-10-16-25/h2-20,26-27H,1H3/t26-,27-,30+/m0/s1. The normalized spacial score (nSPS) is 23.6. The number of hydroxylamine groups is 1. The van der Waals surface area contributed by atoms with Crippen LogP contribution in [0.15, 0.2) is 115 Å². The van der Waals surface area contributed by atoms with Crippen molar-refractivity contribution in [2.45, 2.75) is 24.5 Å². The molecule has 2 aliphatic heterocycles. The zero-order valence-corrected chi connectivity index (χ0v) is 19.2. The summed E-state index contributed by atoms with van der Waals surface area (Å²) in [5, 5.41) is 1.75. The first kappa shape index (κ1) is 21.3. The van der Waals surface area contributed by atoms with Crippen LogP contribution in [0.1, 0.15) is 22.7 Å². The van der Waals surface area contributed by atoms with Crippen molar-refractivity contribution in [2.75, 3.05) is 9.96 Å². The van der Waals surface area contributed by atoms with Crippen molar-refractivity contribution in [3.8, 4) is 0 Å². The number of carbonyl (C=O) groups is 2. The Kier molecular flexibility index (Phi) is 5.01. The van der Waals surface area contributed by atoms with E-state index < -0.39 is 17.6 Å². The van der Waals surface area contributed by atoms with E-state index >= 15 is 0 Å². The largest absolute Gasteiger partial charge is 0.273 e. The number of nitrogens with zero attached hydrogens (tertiary/aromatic N) is 2. The summed E-state index contributed by atoms with van der Waals surface area (Å²) in [7, 11) is 0. The maximum Gasteiger partial charge on any atom is 0.267 e. The Balaban J connectivity index is 1.61. The van der Waals surface area contributed by atoms with E-state index in [9.17, 15) is 9.59 Å². The highest BCUT2D eigenvalue weighted by Gasteiger charge is 2.72. The van der Waals surface area contributed by atoms with Gasteiger partial charge in [0.1, 0.15) is 11.5 Å². The number of carbonyl (C=O) groups excluding carboxylic acids is 2. The fourth-order valence-corrected chi connectivity index (χ4v) is 5.36. The zero-order valence-electron chi connectivity index (χ0n) is 19.2. The van der Waals surface area contributed by atoms with Gasteiger partial charge in [0.05, 0.1) is 11.4 Å². The molecule has 5 nitrogen and oxygen atoms in total. The lowest BCUT2D eigenvalue weighted by Crippen LogP contribution is -2.46. The second kappa shape index (κ2) is 8.22. The minimum absolute atomic E-state index is 0.283. The van der Waals surface area contributed by atoms with Gasteiger partial charge in [-0.2, -0.15) is 0 Å². The monoisotopic (exact) mass is 460 g/mol. The number of rotatable bonds is 4. The zero-order chi connectivity index (χ0) is 24.0. The Bertz CT molecular complexity index is 1370. The summed E-state index contributed by atoms with van der Waals surface area (Å²) in [6.07, 6.45) is -1.01. The second-order valence-electron chi connectivity index (χ2n) is 9.01. The predicted octanol–water partition coefficient (Wildman–Crippen LogP) is 5.37. The van der Waals surface area contributed by atoms with Gasteiger partial charge in [0.25, 0.3) is 5.91 Å². The number of anilines is 2. The summed E-state index contributed by atoms with van der Waals surface area (Å²) in [4.78, 5) is 36.3. The first-order valence-corrected chi connectivity index (χ1v) is 11.7. The first-order valence-electron chi connectivity index (χ1n) is 11.7. The van der Waals surface area contributed by atoms with Crippen LogP contribution in [0.2, 0.25) is 0 Å². The minimum atomic E-state index is -1.26. The van der Waals surface area contributed by atoms with Crippen molar-refractivity contribution in [1.82, 2.24) is 0 Å². The summed E-state index contributed by atoms with van der Waals surface area (Å²) >= 11 is 0. The molecule has 2 heterocycles. The van der Waals surface area contributed by atoms with Crippen molar-refractivity contribution in [1.29, 1.82) is 0 Å². The summed E-state index contributed by atoms with van der Waals surface area (Å²) < 4.78 is 0. The van der Waals surface area contributed by atoms with Crippen LogP contribution in [0, 0.1) is 6.92 Å². The van der Waals surface area contributed by atoms with Gasteiger partial charge in [-0.05, 0) is 42.3 Å². The van der Waals surface area contributed by atoms with Crippen molar-refractivity contribution >= 4 is 23.2 Å². The molecular formula is C30H24N2O3. The van der Waals surface area contributed by atoms with Gasteiger partial charge in [0, 0.05) is 0 Å². The van der Waals surface area contributed by atoms with Gasteiger partial charge in [0.15, 0.2) is 6.10 Å². The second-order valence-corrected chi connectivity index (χ2v) is 9.01. The van der Waals surface area contributed by atoms with Crippen LogP contribution in [0.3, 0.4) is 0 Å². The summed E-state index contributed by atoms with van der Waals surface area (Å²) in [5.74, 6) is -0.642. The number of aryl methyl sites for hydroxylation is 1. The number of hydrogen-bond acceptors (Lipinski definition) is 4. The Morgan fingerprint density at radius 2 is 1.26 bits per heavy atom. The van der Waals surface area contributed by atoms with Crippen molar-refractivity contribution in [3.05, 3.63) is 132 Å². The Morgan fingerprint density at radius 3 is 1.89 bits per heavy atom. The minimum Gasteiger partial charge on any atom is -0.273 e. The van der Waals surface area contributed by atoms with Crippen LogP contribution in [-0.4, -0.2) is 17.9 Å². The highest BCUT2D eigenvalue weighted by atomic mass is 16.7. The summed E-state index contributed by atoms with van der Waals surface area (Å²) in [6, 6.07) is 35.9. The average molecular weight is 461 g/mol. The smallest absolute Gasteiger partial charge is 0.267 e. The van der Waals surface area contributed by atoms with E-state index in [4.69, 9.17) is 4.84 Å². The molecular weight excluding hydrogens is 436 g/mol. The van der Waals surface area contributed by atoms with Gasteiger partial charge in [0.2, 0.25) is 5.91 Å². The van der Waals surface area contributed by atoms with Crippen molar-refractivity contribution in [3.63, 3.8) is 0 Å². The van der Waals surface area contributed by atoms with E-state index in [1.165, 1.54) is 4.90 Å². The van der Waals surface area contributed by atoms with E-state index in [2.05, 4.69) is 0 Å². The first-order chi connectivity index (χ1) is 17.1. The van der Waals surface area contributed by atoms with Gasteiger partial charge in [-0.15, -0.1) is 0 Å². The molecule has 0 aliphatic carbocycles. The molecule has 4 aromatic carbocycles. The fraction of sp³-hybridized carbons (Fsp3) is 0.133. The lowest BCUT2D eigenvalue weighted by atomic mass is 9.69. The van der Waals surface area contributed by atoms with Crippen LogP contribution in [0.5, 0.6) is 0 Å². The van der Waals surface area contributed by atoms with Crippen LogP contribution in [-0.2, 0) is 19.8 Å². The van der Waals surface area contributed by atoms with E-state index in [0.29, 0.717) is 5.69 Å². The Labute approximate surface area is 204 Å². The molecule has 0 radical (unpaired) electrons. The molecule has 0 aromatic heterocycles. The fourth-order valence-electron chi connectivity index (χ4n) is 5.36. The third-order valence-corrected chi connectivity index (χ3v) is 6.97. The maximum atomic E-state index is 14.6. The summed E-state index contributed by atoms with van der Waals surface area (Å²) in [6.45, 7) is 1.98. The number of para-hydroxylation sites is 1. The van der Waals surface area contributed by atoms with Crippen molar-refractivity contribution in [2.24, 2.45) is 0 Å². The third kappa shape index (κ3) is 3.12. The molecule has 0 bridgehead atoms. The molecule has 2 amide bonds. The molecule has 0 saturated carbocycles. The van der Waals surface area contributed by atoms with Crippen molar-refractivity contribution < 1.29 is 14.4 Å². The van der Waals surface area contributed by atoms with E-state index in [1.807, 2.05) is 122 Å². The van der Waals surface area contributed by atoms with Crippen LogP contribution >= 0.6 is 0 Å². The van der Waals surface area contributed by atoms with Crippen LogP contribution in [0.4, 0.5) is 11.4 Å². The molecule has 6 rings (SSSR count). The average Bonchev–Trinajstić information content (AvgIpc) is 3.38. The van der Waals surface area contributed by atoms with Gasteiger partial charge >= 0.3 is 0 Å². The molecule has 35 heavy (non-hydrogen) atoms. The number of fused-ring (bicyclic) bond motifs is 1. The van der Waals surface area contributed by atoms with Gasteiger partial charge in [-0.1, -0.05) is 96.6 Å². The highest BCUT2D eigenvalue weighted by Crippen LogP contribution is 2.57. The van der Waals surface area contributed by atoms with E-state index in [0.717, 1.165) is 22.4 Å². The third-order valence-electron chi connectivity index (χ3n) is 6.97.